The summed E-state index contributed by atoms with van der Waals surface area (Å²) in [6.45, 7) is 0. The van der Waals surface area contributed by atoms with Crippen LogP contribution in [0.5, 0.6) is 0 Å². The summed E-state index contributed by atoms with van der Waals surface area (Å²) in [7, 11) is 0. The lowest BCUT2D eigenvalue weighted by molar-refractivity contribution is -0.111. The van der Waals surface area contributed by atoms with Crippen molar-refractivity contribution in [1.29, 1.82) is 0 Å². The Bertz CT molecular complexity index is 379. The predicted octanol–water partition coefficient (Wildman–Crippen LogP) is 1.12. The van der Waals surface area contributed by atoms with E-state index in [0.717, 1.165) is 5.56 Å². The Labute approximate surface area is 75.8 Å². The van der Waals surface area contributed by atoms with Gasteiger partial charge in [-0.05, 0) is 12.1 Å². The Kier molecular flexibility index (Phi) is 2.00. The second-order valence-electron chi connectivity index (χ2n) is 2.74. The average Bonchev–Trinajstić information content (AvgIpc) is 2.54. The van der Waals surface area contributed by atoms with Crippen molar-refractivity contribution in [3.05, 3.63) is 35.9 Å². The van der Waals surface area contributed by atoms with Crippen LogP contribution in [0.3, 0.4) is 0 Å². The molecular formula is C10H7N2O-. The zero-order valence-electron chi connectivity index (χ0n) is 6.90. The zero-order valence-corrected chi connectivity index (χ0v) is 6.90. The summed E-state index contributed by atoms with van der Waals surface area (Å²) in [5.41, 5.74) is 1.53. The van der Waals surface area contributed by atoms with E-state index in [4.69, 9.17) is 0 Å². The van der Waals surface area contributed by atoms with E-state index in [1.165, 1.54) is 0 Å². The van der Waals surface area contributed by atoms with E-state index < -0.39 is 0 Å². The molecule has 64 valence electrons. The van der Waals surface area contributed by atoms with Crippen LogP contribution in [0.4, 0.5) is 0 Å². The molecule has 2 rings (SSSR count). The summed E-state index contributed by atoms with van der Waals surface area (Å²) < 4.78 is 0. The van der Waals surface area contributed by atoms with E-state index in [1.54, 1.807) is 0 Å². The van der Waals surface area contributed by atoms with Gasteiger partial charge in [0.05, 0.1) is 0 Å². The van der Waals surface area contributed by atoms with Crippen LogP contribution in [0.1, 0.15) is 5.56 Å². The molecule has 0 aromatic heterocycles. The highest BCUT2D eigenvalue weighted by atomic mass is 16.1. The SMILES string of the molecule is O=C1N=[C-]N=C1Cc1ccccc1. The van der Waals surface area contributed by atoms with Gasteiger partial charge in [-0.3, -0.25) is 0 Å². The van der Waals surface area contributed by atoms with Crippen molar-refractivity contribution in [2.75, 3.05) is 0 Å². The molecule has 3 heteroatoms. The third-order valence-corrected chi connectivity index (χ3v) is 1.80. The average molecular weight is 171 g/mol. The molecule has 1 aromatic rings. The fourth-order valence-corrected chi connectivity index (χ4v) is 1.15. The van der Waals surface area contributed by atoms with Crippen molar-refractivity contribution in [3.63, 3.8) is 0 Å². The van der Waals surface area contributed by atoms with Crippen LogP contribution in [0.15, 0.2) is 40.3 Å². The first kappa shape index (κ1) is 7.86. The fourth-order valence-electron chi connectivity index (χ4n) is 1.15. The Morgan fingerprint density at radius 3 is 2.62 bits per heavy atom. The first-order chi connectivity index (χ1) is 6.36. The molecule has 1 aliphatic heterocycles. The quantitative estimate of drug-likeness (QED) is 0.614. The van der Waals surface area contributed by atoms with Gasteiger partial charge in [0.2, 0.25) is 0 Å². The fraction of sp³-hybridized carbons (Fsp3) is 0.100. The van der Waals surface area contributed by atoms with E-state index in [0.29, 0.717) is 12.1 Å². The highest BCUT2D eigenvalue weighted by Gasteiger charge is 2.02. The Balaban J connectivity index is 2.12. The summed E-state index contributed by atoms with van der Waals surface area (Å²) in [5.74, 6) is -0.274. The topological polar surface area (TPSA) is 41.8 Å². The molecule has 1 amide bonds. The van der Waals surface area contributed by atoms with Crippen LogP contribution < -0.4 is 0 Å². The van der Waals surface area contributed by atoms with Crippen LogP contribution in [0.2, 0.25) is 0 Å². The maximum atomic E-state index is 11.0. The molecule has 0 N–H and O–H groups in total. The number of rotatable bonds is 2. The maximum Gasteiger partial charge on any atom is 0.132 e. The number of benzene rings is 1. The van der Waals surface area contributed by atoms with Gasteiger partial charge in [0.15, 0.2) is 0 Å². The number of aliphatic imine (C=N–C) groups is 2. The summed E-state index contributed by atoms with van der Waals surface area (Å²) in [6.07, 6.45) is 2.84. The zero-order chi connectivity index (χ0) is 9.10. The van der Waals surface area contributed by atoms with Gasteiger partial charge in [0.1, 0.15) is 5.91 Å². The lowest BCUT2D eigenvalue weighted by Gasteiger charge is -2.04. The summed E-state index contributed by atoms with van der Waals surface area (Å²) >= 11 is 0. The van der Waals surface area contributed by atoms with Gasteiger partial charge < -0.3 is 14.8 Å². The first-order valence-electron chi connectivity index (χ1n) is 3.97. The molecule has 0 aliphatic carbocycles. The lowest BCUT2D eigenvalue weighted by atomic mass is 10.1. The second kappa shape index (κ2) is 3.31. The highest BCUT2D eigenvalue weighted by molar-refractivity contribution is 6.44. The number of nitrogens with zero attached hydrogens (tertiary/aromatic N) is 2. The number of amides is 1. The minimum absolute atomic E-state index is 0.274. The molecule has 0 radical (unpaired) electrons. The standard InChI is InChI=1S/C10H7N2O/c13-10-9(11-7-12-10)6-8-4-2-1-3-5-8/h1-5H,6H2/q-1. The molecule has 0 fully saturated rings. The molecule has 0 saturated carbocycles. The van der Waals surface area contributed by atoms with Crippen LogP contribution in [-0.2, 0) is 11.2 Å². The minimum atomic E-state index is -0.274. The van der Waals surface area contributed by atoms with E-state index in [-0.39, 0.29) is 5.91 Å². The molecule has 13 heavy (non-hydrogen) atoms. The molecule has 1 aromatic carbocycles. The van der Waals surface area contributed by atoms with Crippen molar-refractivity contribution in [2.24, 2.45) is 9.98 Å². The van der Waals surface area contributed by atoms with Gasteiger partial charge in [0.25, 0.3) is 0 Å². The van der Waals surface area contributed by atoms with Crippen molar-refractivity contribution in [2.45, 2.75) is 6.42 Å². The van der Waals surface area contributed by atoms with Gasteiger partial charge in [0, 0.05) is 6.34 Å². The Morgan fingerprint density at radius 2 is 2.00 bits per heavy atom. The molecule has 0 saturated heterocycles. The van der Waals surface area contributed by atoms with Crippen molar-refractivity contribution < 1.29 is 4.79 Å². The number of hydrogen-bond donors (Lipinski definition) is 0. The molecule has 1 aliphatic rings. The van der Waals surface area contributed by atoms with Gasteiger partial charge in [-0.1, -0.05) is 35.9 Å². The number of carbonyl (C=O) groups excluding carboxylic acids is 1. The minimum Gasteiger partial charge on any atom is -0.377 e. The monoisotopic (exact) mass is 171 g/mol. The van der Waals surface area contributed by atoms with Gasteiger partial charge in [-0.15, -0.1) is 0 Å². The molecule has 0 atom stereocenters. The van der Waals surface area contributed by atoms with Gasteiger partial charge >= 0.3 is 0 Å². The van der Waals surface area contributed by atoms with Crippen LogP contribution in [0, 0.1) is 0 Å². The molecule has 0 unspecified atom stereocenters. The lowest BCUT2D eigenvalue weighted by Crippen LogP contribution is -2.10. The van der Waals surface area contributed by atoms with Crippen molar-refractivity contribution >= 4 is 18.0 Å². The Hall–Kier alpha value is -1.77. The first-order valence-corrected chi connectivity index (χ1v) is 3.97. The van der Waals surface area contributed by atoms with Crippen molar-refractivity contribution in [3.8, 4) is 0 Å². The largest absolute Gasteiger partial charge is 0.377 e. The third kappa shape index (κ3) is 1.69. The molecule has 3 nitrogen and oxygen atoms in total. The summed E-state index contributed by atoms with van der Waals surface area (Å²) in [4.78, 5) is 18.2. The normalized spacial score (nSPS) is 14.8. The molecule has 1 heterocycles. The maximum absolute atomic E-state index is 11.0. The highest BCUT2D eigenvalue weighted by Crippen LogP contribution is 2.04. The van der Waals surface area contributed by atoms with E-state index in [2.05, 4.69) is 16.3 Å². The number of carbonyl (C=O) groups is 1. The van der Waals surface area contributed by atoms with Crippen LogP contribution in [0.25, 0.3) is 0 Å². The molecule has 0 spiro atoms. The smallest absolute Gasteiger partial charge is 0.132 e. The summed E-state index contributed by atoms with van der Waals surface area (Å²) in [6, 6.07) is 9.70. The van der Waals surface area contributed by atoms with Gasteiger partial charge in [-0.2, -0.15) is 0 Å². The second-order valence-corrected chi connectivity index (χ2v) is 2.74. The van der Waals surface area contributed by atoms with Gasteiger partial charge in [-0.25, -0.2) is 0 Å². The summed E-state index contributed by atoms with van der Waals surface area (Å²) in [5, 5.41) is 0. The molecule has 0 bridgehead atoms. The van der Waals surface area contributed by atoms with E-state index in [9.17, 15) is 4.79 Å². The third-order valence-electron chi connectivity index (χ3n) is 1.80. The molecular weight excluding hydrogens is 164 g/mol. The predicted molar refractivity (Wildman–Crippen MR) is 50.0 cm³/mol. The van der Waals surface area contributed by atoms with Crippen LogP contribution in [-0.4, -0.2) is 18.0 Å². The van der Waals surface area contributed by atoms with Crippen LogP contribution >= 0.6 is 0 Å². The Morgan fingerprint density at radius 1 is 1.23 bits per heavy atom. The number of hydrogen-bond acceptors (Lipinski definition) is 2. The van der Waals surface area contributed by atoms with E-state index >= 15 is 0 Å². The van der Waals surface area contributed by atoms with Crippen molar-refractivity contribution in [1.82, 2.24) is 0 Å². The van der Waals surface area contributed by atoms with E-state index in [1.807, 2.05) is 30.3 Å².